The monoisotopic (exact) mass is 260 g/mol. The molecule has 19 heavy (non-hydrogen) atoms. The molecule has 7 aliphatic rings. The molecule has 0 aromatic heterocycles. The van der Waals surface area contributed by atoms with Gasteiger partial charge in [-0.25, -0.2) is 4.39 Å². The zero-order chi connectivity index (χ0) is 12.4. The van der Waals surface area contributed by atoms with Gasteiger partial charge in [-0.05, 0) is 105 Å². The summed E-state index contributed by atoms with van der Waals surface area (Å²) >= 11 is 0. The van der Waals surface area contributed by atoms with E-state index in [-0.39, 0.29) is 0 Å². The molecule has 0 N–H and O–H groups in total. The van der Waals surface area contributed by atoms with E-state index < -0.39 is 5.67 Å². The molecular formula is C18H25F. The van der Waals surface area contributed by atoms with E-state index in [1.54, 1.807) is 0 Å². The van der Waals surface area contributed by atoms with E-state index in [4.69, 9.17) is 0 Å². The lowest BCUT2D eigenvalue weighted by Crippen LogP contribution is -2.68. The number of halogens is 1. The Morgan fingerprint density at radius 1 is 0.842 bits per heavy atom. The van der Waals surface area contributed by atoms with Gasteiger partial charge in [0.25, 0.3) is 0 Å². The Kier molecular flexibility index (Phi) is 1.63. The van der Waals surface area contributed by atoms with Crippen LogP contribution < -0.4 is 0 Å². The lowest BCUT2D eigenvalue weighted by atomic mass is 9.31. The third-order valence-corrected chi connectivity index (χ3v) is 8.80. The number of hydrogen-bond acceptors (Lipinski definition) is 0. The molecule has 8 bridgehead atoms. The molecule has 0 amide bonds. The largest absolute Gasteiger partial charge is 0.244 e. The van der Waals surface area contributed by atoms with Crippen LogP contribution in [0.5, 0.6) is 0 Å². The van der Waals surface area contributed by atoms with Crippen molar-refractivity contribution in [3.05, 3.63) is 0 Å². The highest BCUT2D eigenvalue weighted by molar-refractivity contribution is 5.19. The highest BCUT2D eigenvalue weighted by atomic mass is 19.1. The van der Waals surface area contributed by atoms with Gasteiger partial charge in [-0.2, -0.15) is 0 Å². The Morgan fingerprint density at radius 3 is 2.74 bits per heavy atom. The standard InChI is InChI=1S/C18H25F/c19-18-2-1-11-5-13-12-3-10-4-14(13)16(15(11)8-18)17(6-10,7-12)9-18/h10-16H,1-9H2. The third-order valence-electron chi connectivity index (χ3n) is 8.80. The van der Waals surface area contributed by atoms with Crippen LogP contribution in [0.25, 0.3) is 0 Å². The molecule has 0 saturated heterocycles. The van der Waals surface area contributed by atoms with E-state index in [1.165, 1.54) is 38.5 Å². The Hall–Kier alpha value is -0.0700. The Morgan fingerprint density at radius 2 is 1.79 bits per heavy atom. The van der Waals surface area contributed by atoms with Gasteiger partial charge in [-0.3, -0.25) is 0 Å². The molecule has 9 unspecified atom stereocenters. The van der Waals surface area contributed by atoms with Crippen molar-refractivity contribution in [2.75, 3.05) is 0 Å². The predicted molar refractivity (Wildman–Crippen MR) is 72.3 cm³/mol. The van der Waals surface area contributed by atoms with Gasteiger partial charge in [0.2, 0.25) is 0 Å². The summed E-state index contributed by atoms with van der Waals surface area (Å²) < 4.78 is 15.3. The van der Waals surface area contributed by atoms with Gasteiger partial charge >= 0.3 is 0 Å². The molecule has 104 valence electrons. The van der Waals surface area contributed by atoms with Gasteiger partial charge in [-0.1, -0.05) is 0 Å². The van der Waals surface area contributed by atoms with Gasteiger partial charge in [-0.15, -0.1) is 0 Å². The average Bonchev–Trinajstić information content (AvgIpc) is 2.34. The second-order valence-corrected chi connectivity index (χ2v) is 9.45. The first-order valence-electron chi connectivity index (χ1n) is 8.85. The highest BCUT2D eigenvalue weighted by Gasteiger charge is 2.70. The molecule has 0 aromatic rings. The van der Waals surface area contributed by atoms with Crippen molar-refractivity contribution in [3.63, 3.8) is 0 Å². The molecule has 1 spiro atoms. The number of fused-ring (bicyclic) bond motifs is 1. The molecule has 7 aliphatic carbocycles. The summed E-state index contributed by atoms with van der Waals surface area (Å²) in [5.41, 5.74) is -0.250. The first-order valence-corrected chi connectivity index (χ1v) is 8.85. The molecule has 0 aromatic carbocycles. The van der Waals surface area contributed by atoms with E-state index in [1.807, 2.05) is 0 Å². The summed E-state index contributed by atoms with van der Waals surface area (Å²) in [5.74, 6) is 6.80. The van der Waals surface area contributed by atoms with Crippen molar-refractivity contribution in [1.82, 2.24) is 0 Å². The van der Waals surface area contributed by atoms with Crippen LogP contribution in [-0.4, -0.2) is 5.67 Å². The van der Waals surface area contributed by atoms with Crippen molar-refractivity contribution in [2.24, 2.45) is 46.8 Å². The van der Waals surface area contributed by atoms with Gasteiger partial charge in [0, 0.05) is 0 Å². The van der Waals surface area contributed by atoms with Crippen LogP contribution in [0.15, 0.2) is 0 Å². The molecular weight excluding hydrogens is 235 g/mol. The van der Waals surface area contributed by atoms with Crippen LogP contribution in [0.3, 0.4) is 0 Å². The topological polar surface area (TPSA) is 0 Å². The van der Waals surface area contributed by atoms with Crippen LogP contribution in [0, 0.1) is 46.8 Å². The number of alkyl halides is 1. The van der Waals surface area contributed by atoms with Crippen molar-refractivity contribution >= 4 is 0 Å². The first kappa shape index (κ1) is 10.6. The second kappa shape index (κ2) is 2.92. The van der Waals surface area contributed by atoms with Crippen molar-refractivity contribution in [2.45, 2.75) is 63.5 Å². The predicted octanol–water partition coefficient (Wildman–Crippen LogP) is 4.59. The fraction of sp³-hybridized carbons (Fsp3) is 1.00. The van der Waals surface area contributed by atoms with E-state index in [9.17, 15) is 0 Å². The molecule has 0 radical (unpaired) electrons. The maximum Gasteiger partial charge on any atom is 0.111 e. The highest BCUT2D eigenvalue weighted by Crippen LogP contribution is 2.76. The summed E-state index contributed by atoms with van der Waals surface area (Å²) in [7, 11) is 0. The quantitative estimate of drug-likeness (QED) is 0.597. The molecule has 0 heterocycles. The van der Waals surface area contributed by atoms with Crippen molar-refractivity contribution in [1.29, 1.82) is 0 Å². The normalized spacial score (nSPS) is 71.5. The van der Waals surface area contributed by atoms with E-state index in [0.29, 0.717) is 5.41 Å². The second-order valence-electron chi connectivity index (χ2n) is 9.45. The molecule has 7 rings (SSSR count). The van der Waals surface area contributed by atoms with Crippen LogP contribution in [0.2, 0.25) is 0 Å². The Balaban J connectivity index is 1.57. The van der Waals surface area contributed by atoms with Gasteiger partial charge in [0.1, 0.15) is 5.67 Å². The Bertz CT molecular complexity index is 459. The van der Waals surface area contributed by atoms with E-state index >= 15 is 4.39 Å². The van der Waals surface area contributed by atoms with Gasteiger partial charge < -0.3 is 0 Å². The summed E-state index contributed by atoms with van der Waals surface area (Å²) in [6.45, 7) is 0. The van der Waals surface area contributed by atoms with Crippen molar-refractivity contribution in [3.8, 4) is 0 Å². The van der Waals surface area contributed by atoms with E-state index in [2.05, 4.69) is 0 Å². The third kappa shape index (κ3) is 1.08. The minimum absolute atomic E-state index is 0.490. The molecule has 9 atom stereocenters. The fourth-order valence-electron chi connectivity index (χ4n) is 8.93. The first-order chi connectivity index (χ1) is 9.16. The molecule has 7 fully saturated rings. The Labute approximate surface area is 115 Å². The van der Waals surface area contributed by atoms with E-state index in [0.717, 1.165) is 60.7 Å². The number of rotatable bonds is 0. The lowest BCUT2D eigenvalue weighted by molar-refractivity contribution is -0.259. The maximum atomic E-state index is 15.3. The fourth-order valence-corrected chi connectivity index (χ4v) is 8.93. The molecule has 0 aliphatic heterocycles. The maximum absolute atomic E-state index is 15.3. The minimum atomic E-state index is -0.740. The zero-order valence-corrected chi connectivity index (χ0v) is 11.8. The van der Waals surface area contributed by atoms with Gasteiger partial charge in [0.05, 0.1) is 0 Å². The molecule has 7 saturated carbocycles. The lowest BCUT2D eigenvalue weighted by Gasteiger charge is -2.74. The zero-order valence-electron chi connectivity index (χ0n) is 11.8. The molecule has 1 heteroatoms. The van der Waals surface area contributed by atoms with Crippen molar-refractivity contribution < 1.29 is 4.39 Å². The number of hydrogen-bond donors (Lipinski definition) is 0. The smallest absolute Gasteiger partial charge is 0.111 e. The summed E-state index contributed by atoms with van der Waals surface area (Å²) in [6, 6.07) is 0. The van der Waals surface area contributed by atoms with Crippen LogP contribution in [0.4, 0.5) is 4.39 Å². The average molecular weight is 260 g/mol. The van der Waals surface area contributed by atoms with Crippen LogP contribution in [-0.2, 0) is 0 Å². The summed E-state index contributed by atoms with van der Waals surface area (Å²) in [5, 5.41) is 0. The van der Waals surface area contributed by atoms with Gasteiger partial charge in [0.15, 0.2) is 0 Å². The summed E-state index contributed by atoms with van der Waals surface area (Å²) in [4.78, 5) is 0. The van der Waals surface area contributed by atoms with Crippen LogP contribution in [0.1, 0.15) is 57.8 Å². The minimum Gasteiger partial charge on any atom is -0.244 e. The van der Waals surface area contributed by atoms with Crippen LogP contribution >= 0.6 is 0 Å². The SMILES string of the molecule is FC12CCC3CC4C5CC6CC4C(C3C1)C(C6)(C5)C2. The molecule has 0 nitrogen and oxygen atoms in total. The summed E-state index contributed by atoms with van der Waals surface area (Å²) in [6.07, 6.45) is 11.5.